The second-order valence-corrected chi connectivity index (χ2v) is 8.73. The van der Waals surface area contributed by atoms with Crippen molar-refractivity contribution < 1.29 is 28.8 Å². The van der Waals surface area contributed by atoms with Crippen LogP contribution < -0.4 is 18.9 Å². The first kappa shape index (κ1) is 23.5. The van der Waals surface area contributed by atoms with E-state index in [9.17, 15) is 9.90 Å². The first-order valence-electron chi connectivity index (χ1n) is 11.7. The predicted molar refractivity (Wildman–Crippen MR) is 134 cm³/mol. The summed E-state index contributed by atoms with van der Waals surface area (Å²) in [6.07, 6.45) is 1.71. The zero-order valence-electron chi connectivity index (χ0n) is 20.6. The minimum atomic E-state index is -0.406. The second kappa shape index (κ2) is 9.45. The fourth-order valence-corrected chi connectivity index (χ4v) is 5.19. The van der Waals surface area contributed by atoms with Gasteiger partial charge in [-0.05, 0) is 48.2 Å². The van der Waals surface area contributed by atoms with E-state index in [1.54, 1.807) is 24.3 Å². The van der Waals surface area contributed by atoms with Crippen molar-refractivity contribution in [1.29, 1.82) is 0 Å². The number of benzene rings is 3. The van der Waals surface area contributed by atoms with Gasteiger partial charge in [0.2, 0.25) is 5.75 Å². The first-order chi connectivity index (χ1) is 17.5. The molecule has 2 atom stereocenters. The van der Waals surface area contributed by atoms with Crippen molar-refractivity contribution in [2.24, 2.45) is 11.0 Å². The Labute approximate surface area is 209 Å². The topological polar surface area (TPSA) is 89.8 Å². The molecular formula is C28H28N2O6. The van der Waals surface area contributed by atoms with Crippen molar-refractivity contribution in [2.45, 2.75) is 18.9 Å². The lowest BCUT2D eigenvalue weighted by atomic mass is 9.77. The van der Waals surface area contributed by atoms with E-state index in [1.807, 2.05) is 18.2 Å². The molecule has 1 amide bonds. The van der Waals surface area contributed by atoms with Gasteiger partial charge in [0.15, 0.2) is 23.0 Å². The van der Waals surface area contributed by atoms with E-state index in [0.29, 0.717) is 28.6 Å². The predicted octanol–water partition coefficient (Wildman–Crippen LogP) is 4.59. The summed E-state index contributed by atoms with van der Waals surface area (Å²) >= 11 is 0. The Morgan fingerprint density at radius 3 is 2.25 bits per heavy atom. The Bertz CT molecular complexity index is 1330. The lowest BCUT2D eigenvalue weighted by Crippen LogP contribution is -2.32. The summed E-state index contributed by atoms with van der Waals surface area (Å²) in [5.41, 5.74) is 4.27. The molecular weight excluding hydrogens is 460 g/mol. The third-order valence-corrected chi connectivity index (χ3v) is 6.89. The van der Waals surface area contributed by atoms with Crippen molar-refractivity contribution in [3.63, 3.8) is 0 Å². The standard InChI is InChI=1S/C28H28N2O6/c1-33-22-12-10-17(13-21(22)31)26-20-11-9-16-7-5-6-8-19(16)25(20)29-30(26)28(32)18-14-23(34-2)27(36-4)24(15-18)35-3/h5-8,10,12-15,20,26,31H,9,11H2,1-4H3. The van der Waals surface area contributed by atoms with Crippen molar-refractivity contribution in [3.8, 4) is 28.7 Å². The molecule has 1 aliphatic carbocycles. The van der Waals surface area contributed by atoms with E-state index < -0.39 is 6.04 Å². The van der Waals surface area contributed by atoms with Crippen LogP contribution >= 0.6 is 0 Å². The molecule has 0 spiro atoms. The number of phenols is 1. The van der Waals surface area contributed by atoms with Gasteiger partial charge >= 0.3 is 0 Å². The van der Waals surface area contributed by atoms with Gasteiger partial charge in [-0.3, -0.25) is 4.79 Å². The molecule has 3 aromatic rings. The zero-order chi connectivity index (χ0) is 25.4. The molecule has 5 rings (SSSR count). The number of phenolic OH excluding ortho intramolecular Hbond substituents is 1. The maximum absolute atomic E-state index is 14.0. The summed E-state index contributed by atoms with van der Waals surface area (Å²) in [5, 5.41) is 16.9. The van der Waals surface area contributed by atoms with Gasteiger partial charge in [0, 0.05) is 17.0 Å². The highest BCUT2D eigenvalue weighted by Crippen LogP contribution is 2.46. The van der Waals surface area contributed by atoms with Gasteiger partial charge in [0.05, 0.1) is 40.2 Å². The van der Waals surface area contributed by atoms with Crippen LogP contribution in [0.4, 0.5) is 0 Å². The lowest BCUT2D eigenvalue weighted by Gasteiger charge is -2.30. The highest BCUT2D eigenvalue weighted by atomic mass is 16.5. The average Bonchev–Trinajstić information content (AvgIpc) is 3.31. The smallest absolute Gasteiger partial charge is 0.274 e. The molecule has 0 bridgehead atoms. The van der Waals surface area contributed by atoms with Gasteiger partial charge in [-0.1, -0.05) is 30.3 Å². The van der Waals surface area contributed by atoms with Crippen molar-refractivity contribution in [2.75, 3.05) is 28.4 Å². The molecule has 1 N–H and O–H groups in total. The van der Waals surface area contributed by atoms with Gasteiger partial charge in [-0.15, -0.1) is 0 Å². The van der Waals surface area contributed by atoms with Crippen molar-refractivity contribution >= 4 is 11.6 Å². The maximum atomic E-state index is 14.0. The SMILES string of the molecule is COc1ccc(C2C3CCc4ccccc4C3=NN2C(=O)c2cc(OC)c(OC)c(OC)c2)cc1O. The number of aryl methyl sites for hydroxylation is 1. The number of hydrazone groups is 1. The molecule has 36 heavy (non-hydrogen) atoms. The Kier molecular flexibility index (Phi) is 6.18. The monoisotopic (exact) mass is 488 g/mol. The minimum absolute atomic E-state index is 0.0137. The van der Waals surface area contributed by atoms with Gasteiger partial charge in [-0.2, -0.15) is 5.10 Å². The Balaban J connectivity index is 1.64. The van der Waals surface area contributed by atoms with E-state index in [4.69, 9.17) is 24.0 Å². The molecule has 1 heterocycles. The zero-order valence-corrected chi connectivity index (χ0v) is 20.6. The molecule has 0 fully saturated rings. The summed E-state index contributed by atoms with van der Waals surface area (Å²) in [6, 6.07) is 16.2. The van der Waals surface area contributed by atoms with Crippen LogP contribution in [0, 0.1) is 5.92 Å². The molecule has 2 aliphatic rings. The van der Waals surface area contributed by atoms with Crippen LogP contribution in [0.25, 0.3) is 0 Å². The summed E-state index contributed by atoms with van der Waals surface area (Å²) < 4.78 is 21.6. The fraction of sp³-hybridized carbons (Fsp3) is 0.286. The number of ether oxygens (including phenoxy) is 4. The molecule has 8 heteroatoms. The summed E-state index contributed by atoms with van der Waals surface area (Å²) in [5.74, 6) is 1.22. The van der Waals surface area contributed by atoms with E-state index in [-0.39, 0.29) is 17.6 Å². The number of aromatic hydroxyl groups is 1. The molecule has 2 unspecified atom stereocenters. The van der Waals surface area contributed by atoms with Crippen LogP contribution in [0.5, 0.6) is 28.7 Å². The number of hydrogen-bond acceptors (Lipinski definition) is 7. The Morgan fingerprint density at radius 1 is 0.917 bits per heavy atom. The van der Waals surface area contributed by atoms with E-state index in [0.717, 1.165) is 29.7 Å². The van der Waals surface area contributed by atoms with E-state index >= 15 is 0 Å². The van der Waals surface area contributed by atoms with Crippen molar-refractivity contribution in [1.82, 2.24) is 5.01 Å². The Morgan fingerprint density at radius 2 is 1.61 bits per heavy atom. The minimum Gasteiger partial charge on any atom is -0.504 e. The third kappa shape index (κ3) is 3.79. The molecule has 186 valence electrons. The lowest BCUT2D eigenvalue weighted by molar-refractivity contribution is 0.0680. The fourth-order valence-electron chi connectivity index (χ4n) is 5.19. The van der Waals surface area contributed by atoms with Crippen molar-refractivity contribution in [3.05, 3.63) is 76.9 Å². The van der Waals surface area contributed by atoms with Crippen LogP contribution in [0.3, 0.4) is 0 Å². The molecule has 0 aromatic heterocycles. The number of carbonyl (C=O) groups is 1. The number of amides is 1. The number of methoxy groups -OCH3 is 4. The second-order valence-electron chi connectivity index (χ2n) is 8.73. The number of fused-ring (bicyclic) bond motifs is 3. The highest BCUT2D eigenvalue weighted by Gasteiger charge is 2.44. The molecule has 8 nitrogen and oxygen atoms in total. The van der Waals surface area contributed by atoms with E-state index in [2.05, 4.69) is 12.1 Å². The Hall–Kier alpha value is -4.20. The van der Waals surface area contributed by atoms with Crippen LogP contribution in [-0.2, 0) is 6.42 Å². The molecule has 0 saturated heterocycles. The summed E-state index contributed by atoms with van der Waals surface area (Å²) in [7, 11) is 6.04. The summed E-state index contributed by atoms with van der Waals surface area (Å²) in [6.45, 7) is 0. The number of rotatable bonds is 6. The highest BCUT2D eigenvalue weighted by molar-refractivity contribution is 6.08. The molecule has 0 saturated carbocycles. The van der Waals surface area contributed by atoms with Gasteiger partial charge < -0.3 is 24.1 Å². The number of carbonyl (C=O) groups excluding carboxylic acids is 1. The van der Waals surface area contributed by atoms with Gasteiger partial charge in [0.25, 0.3) is 5.91 Å². The molecule has 3 aromatic carbocycles. The first-order valence-corrected chi connectivity index (χ1v) is 11.7. The molecule has 1 aliphatic heterocycles. The third-order valence-electron chi connectivity index (χ3n) is 6.89. The van der Waals surface area contributed by atoms with Gasteiger partial charge in [-0.25, -0.2) is 5.01 Å². The largest absolute Gasteiger partial charge is 0.504 e. The van der Waals surface area contributed by atoms with E-state index in [1.165, 1.54) is 39.0 Å². The number of nitrogens with zero attached hydrogens (tertiary/aromatic N) is 2. The van der Waals surface area contributed by atoms with Crippen LogP contribution in [0.2, 0.25) is 0 Å². The average molecular weight is 489 g/mol. The van der Waals surface area contributed by atoms with Crippen LogP contribution in [0.15, 0.2) is 59.7 Å². The normalized spacial score (nSPS) is 18.1. The summed E-state index contributed by atoms with van der Waals surface area (Å²) in [4.78, 5) is 14.0. The van der Waals surface area contributed by atoms with Crippen LogP contribution in [-0.4, -0.2) is 50.2 Å². The molecule has 0 radical (unpaired) electrons. The van der Waals surface area contributed by atoms with Crippen LogP contribution in [0.1, 0.15) is 39.5 Å². The quantitative estimate of drug-likeness (QED) is 0.546. The number of hydrogen-bond donors (Lipinski definition) is 1. The maximum Gasteiger partial charge on any atom is 0.274 e. The van der Waals surface area contributed by atoms with Gasteiger partial charge in [0.1, 0.15) is 0 Å².